The molecule has 0 amide bonds. The summed E-state index contributed by atoms with van der Waals surface area (Å²) in [5, 5.41) is 56.3. The fourth-order valence-corrected chi connectivity index (χ4v) is 3.79. The molecule has 0 atom stereocenters. The van der Waals surface area contributed by atoms with Gasteiger partial charge in [-0.1, -0.05) is 54.6 Å². The van der Waals surface area contributed by atoms with E-state index in [1.807, 2.05) is 0 Å². The van der Waals surface area contributed by atoms with Crippen molar-refractivity contribution in [3.63, 3.8) is 0 Å². The van der Waals surface area contributed by atoms with E-state index in [2.05, 4.69) is 15.0 Å². The number of aromatic hydroxyl groups is 3. The van der Waals surface area contributed by atoms with Crippen LogP contribution in [0.15, 0.2) is 91.0 Å². The van der Waals surface area contributed by atoms with Crippen LogP contribution in [0.1, 0.15) is 31.5 Å². The molecule has 12 nitrogen and oxygen atoms in total. The molecular formula is C30H21CrN3O9. The quantitative estimate of drug-likeness (QED) is 0.156. The molecule has 6 aromatic rings. The van der Waals surface area contributed by atoms with Gasteiger partial charge in [0.25, 0.3) is 0 Å². The number of fused-ring (bicyclic) bond motifs is 3. The number of pyridine rings is 3. The Morgan fingerprint density at radius 1 is 0.442 bits per heavy atom. The van der Waals surface area contributed by atoms with Crippen molar-refractivity contribution in [2.24, 2.45) is 0 Å². The number of aromatic nitrogens is 3. The average molecular weight is 620 g/mol. The van der Waals surface area contributed by atoms with Crippen LogP contribution in [-0.4, -0.2) is 63.5 Å². The van der Waals surface area contributed by atoms with E-state index in [1.54, 1.807) is 72.8 Å². The SMILES string of the molecule is O=C(O)c1nc2ccccc2cc1O.O=C(O)c1nc2ccccc2cc1O.O=C(O)c1nc2ccccc2cc1O.[Cr]. The Labute approximate surface area is 252 Å². The van der Waals surface area contributed by atoms with Gasteiger partial charge in [-0.2, -0.15) is 0 Å². The number of carboxylic acids is 3. The zero-order valence-electron chi connectivity index (χ0n) is 21.8. The number of hydrogen-bond donors (Lipinski definition) is 6. The molecule has 0 aliphatic carbocycles. The van der Waals surface area contributed by atoms with Crippen LogP contribution in [0.25, 0.3) is 32.7 Å². The molecule has 0 fully saturated rings. The first-order chi connectivity index (χ1) is 20.0. The molecule has 0 aliphatic rings. The Hall–Kier alpha value is -5.77. The third-order valence-corrected chi connectivity index (χ3v) is 5.72. The summed E-state index contributed by atoms with van der Waals surface area (Å²) in [6.45, 7) is 0. The third kappa shape index (κ3) is 7.50. The molecule has 3 aromatic heterocycles. The van der Waals surface area contributed by atoms with Gasteiger partial charge in [-0.15, -0.1) is 0 Å². The maximum absolute atomic E-state index is 10.6. The van der Waals surface area contributed by atoms with Crippen molar-refractivity contribution in [1.82, 2.24) is 15.0 Å². The number of benzene rings is 3. The molecule has 0 radical (unpaired) electrons. The number of para-hydroxylation sites is 3. The maximum atomic E-state index is 10.6. The van der Waals surface area contributed by atoms with Crippen molar-refractivity contribution in [3.8, 4) is 17.2 Å². The van der Waals surface area contributed by atoms with Crippen molar-refractivity contribution >= 4 is 50.6 Å². The number of hydrogen-bond acceptors (Lipinski definition) is 9. The maximum Gasteiger partial charge on any atom is 0.358 e. The van der Waals surface area contributed by atoms with Crippen LogP contribution in [0.5, 0.6) is 17.2 Å². The van der Waals surface area contributed by atoms with Crippen LogP contribution >= 0.6 is 0 Å². The fraction of sp³-hybridized carbons (Fsp3) is 0. The fourth-order valence-electron chi connectivity index (χ4n) is 3.79. The number of carbonyl (C=O) groups is 3. The minimum atomic E-state index is -1.23. The van der Waals surface area contributed by atoms with Crippen LogP contribution in [0, 0.1) is 0 Å². The van der Waals surface area contributed by atoms with E-state index in [9.17, 15) is 29.7 Å². The van der Waals surface area contributed by atoms with Gasteiger partial charge in [-0.3, -0.25) is 0 Å². The summed E-state index contributed by atoms with van der Waals surface area (Å²) in [5.41, 5.74) is 0.726. The van der Waals surface area contributed by atoms with Crippen molar-refractivity contribution < 1.29 is 62.4 Å². The van der Waals surface area contributed by atoms with Crippen LogP contribution in [0.4, 0.5) is 0 Å². The summed E-state index contributed by atoms with van der Waals surface area (Å²) in [5.74, 6) is -4.61. The minimum Gasteiger partial charge on any atom is -0.505 e. The van der Waals surface area contributed by atoms with Crippen LogP contribution in [0.2, 0.25) is 0 Å². The van der Waals surface area contributed by atoms with E-state index in [0.29, 0.717) is 16.6 Å². The number of nitrogens with zero attached hydrogens (tertiary/aromatic N) is 3. The second-order valence-corrected chi connectivity index (χ2v) is 8.56. The molecule has 0 spiro atoms. The third-order valence-electron chi connectivity index (χ3n) is 5.72. The molecule has 0 unspecified atom stereocenters. The minimum absolute atomic E-state index is 0. The summed E-state index contributed by atoms with van der Waals surface area (Å²) < 4.78 is 0. The van der Waals surface area contributed by atoms with Gasteiger partial charge in [-0.25, -0.2) is 29.3 Å². The molecule has 3 aromatic carbocycles. The van der Waals surface area contributed by atoms with Crippen molar-refractivity contribution in [2.75, 3.05) is 0 Å². The second kappa shape index (κ2) is 13.7. The van der Waals surface area contributed by atoms with E-state index in [0.717, 1.165) is 16.2 Å². The molecular weight excluding hydrogens is 598 g/mol. The topological polar surface area (TPSA) is 211 Å². The standard InChI is InChI=1S/3C10H7NO3.Cr/c3*12-8-5-6-3-1-2-4-7(6)11-9(8)10(13)14;/h3*1-5,12H,(H,13,14);. The summed E-state index contributed by atoms with van der Waals surface area (Å²) in [7, 11) is 0. The number of carboxylic acid groups (broad SMARTS) is 3. The van der Waals surface area contributed by atoms with Crippen LogP contribution in [0.3, 0.4) is 0 Å². The smallest absolute Gasteiger partial charge is 0.358 e. The normalized spacial score (nSPS) is 10.0. The number of rotatable bonds is 3. The van der Waals surface area contributed by atoms with Crippen LogP contribution in [-0.2, 0) is 17.4 Å². The molecule has 0 bridgehead atoms. The van der Waals surface area contributed by atoms with Crippen molar-refractivity contribution in [3.05, 3.63) is 108 Å². The molecule has 3 heterocycles. The predicted octanol–water partition coefficient (Wildman–Crippen LogP) is 4.91. The van der Waals surface area contributed by atoms with Crippen molar-refractivity contribution in [1.29, 1.82) is 0 Å². The van der Waals surface area contributed by atoms with E-state index in [-0.39, 0.29) is 51.7 Å². The zero-order chi connectivity index (χ0) is 30.4. The first-order valence-corrected chi connectivity index (χ1v) is 12.0. The van der Waals surface area contributed by atoms with Crippen LogP contribution < -0.4 is 0 Å². The largest absolute Gasteiger partial charge is 0.505 e. The van der Waals surface area contributed by atoms with Gasteiger partial charge in [0, 0.05) is 33.5 Å². The average Bonchev–Trinajstić information content (AvgIpc) is 2.96. The Morgan fingerprint density at radius 2 is 0.674 bits per heavy atom. The molecule has 13 heteroatoms. The zero-order valence-corrected chi connectivity index (χ0v) is 23.1. The Morgan fingerprint density at radius 3 is 0.907 bits per heavy atom. The molecule has 216 valence electrons. The van der Waals surface area contributed by atoms with Gasteiger partial charge >= 0.3 is 17.9 Å². The monoisotopic (exact) mass is 619 g/mol. The van der Waals surface area contributed by atoms with Gasteiger partial charge in [0.05, 0.1) is 16.6 Å². The summed E-state index contributed by atoms with van der Waals surface area (Å²) >= 11 is 0. The Balaban J connectivity index is 0.000000175. The summed E-state index contributed by atoms with van der Waals surface area (Å²) in [4.78, 5) is 43.4. The molecule has 6 N–H and O–H groups in total. The summed E-state index contributed by atoms with van der Waals surface area (Å²) in [6, 6.07) is 25.2. The van der Waals surface area contributed by atoms with Crippen molar-refractivity contribution in [2.45, 2.75) is 0 Å². The second-order valence-electron chi connectivity index (χ2n) is 8.56. The van der Waals surface area contributed by atoms with Gasteiger partial charge in [0.15, 0.2) is 17.1 Å². The number of aromatic carboxylic acids is 3. The first-order valence-electron chi connectivity index (χ1n) is 12.0. The molecule has 0 saturated carbocycles. The molecule has 43 heavy (non-hydrogen) atoms. The van der Waals surface area contributed by atoms with Gasteiger partial charge in [0.2, 0.25) is 0 Å². The first kappa shape index (κ1) is 31.8. The van der Waals surface area contributed by atoms with Gasteiger partial charge in [0.1, 0.15) is 17.2 Å². The molecule has 0 saturated heterocycles. The molecule has 6 rings (SSSR count). The Kier molecular flexibility index (Phi) is 10.1. The van der Waals surface area contributed by atoms with E-state index in [4.69, 9.17) is 15.3 Å². The van der Waals surface area contributed by atoms with Gasteiger partial charge in [-0.05, 0) is 36.4 Å². The van der Waals surface area contributed by atoms with Gasteiger partial charge < -0.3 is 30.6 Å². The molecule has 0 aliphatic heterocycles. The Bertz CT molecular complexity index is 1760. The summed E-state index contributed by atoms with van der Waals surface area (Å²) in [6.07, 6.45) is 0. The van der Waals surface area contributed by atoms with E-state index in [1.165, 1.54) is 18.2 Å². The van der Waals surface area contributed by atoms with E-state index >= 15 is 0 Å². The van der Waals surface area contributed by atoms with E-state index < -0.39 is 17.9 Å². The predicted molar refractivity (Wildman–Crippen MR) is 151 cm³/mol.